The van der Waals surface area contributed by atoms with E-state index >= 15 is 0 Å². The van der Waals surface area contributed by atoms with Gasteiger partial charge in [-0.05, 0) is 31.0 Å². The summed E-state index contributed by atoms with van der Waals surface area (Å²) in [6, 6.07) is 4.49. The number of nitrogens with zero attached hydrogens (tertiary/aromatic N) is 6. The van der Waals surface area contributed by atoms with E-state index in [1.54, 1.807) is 41.9 Å². The average Bonchev–Trinajstić information content (AvgIpc) is 3.20. The van der Waals surface area contributed by atoms with Crippen molar-refractivity contribution < 1.29 is 12.8 Å². The summed E-state index contributed by atoms with van der Waals surface area (Å²) in [4.78, 5) is 31.7. The lowest BCUT2D eigenvalue weighted by Gasteiger charge is -2.26. The van der Waals surface area contributed by atoms with Gasteiger partial charge in [-0.25, -0.2) is 17.6 Å². The summed E-state index contributed by atoms with van der Waals surface area (Å²) in [6.45, 7) is -0.618. The van der Waals surface area contributed by atoms with E-state index in [9.17, 15) is 22.4 Å². The second kappa shape index (κ2) is 8.47. The monoisotopic (exact) mass is 504 g/mol. The molecule has 0 N–H and O–H groups in total. The number of hydrogen-bond donors (Lipinski definition) is 1. The number of halogens is 1. The average molecular weight is 505 g/mol. The highest BCUT2D eigenvalue weighted by Gasteiger charge is 2.50. The van der Waals surface area contributed by atoms with E-state index in [1.165, 1.54) is 28.0 Å². The number of alkyl halides is 1. The standard InChI is InChI=1S/C21H21FN6O4S2/c1-25-9-14(7-24-25)10-27-19(29)17-6-15(28(34(31)32)21(12-22)4-5-21)2-3-18(17)26(20(27)30)11-16-8-23-13-33-16/h2-3,6-9,13,34H,4-5,10-12H2,1H3. The van der Waals surface area contributed by atoms with E-state index in [4.69, 9.17) is 0 Å². The van der Waals surface area contributed by atoms with Crippen LogP contribution in [-0.4, -0.2) is 44.5 Å². The molecule has 34 heavy (non-hydrogen) atoms. The molecule has 1 saturated carbocycles. The first kappa shape index (κ1) is 22.5. The Kier molecular flexibility index (Phi) is 5.60. The molecule has 0 atom stereocenters. The first-order chi connectivity index (χ1) is 16.3. The van der Waals surface area contributed by atoms with E-state index in [0.29, 0.717) is 23.9 Å². The molecule has 13 heteroatoms. The maximum absolute atomic E-state index is 13.7. The van der Waals surface area contributed by atoms with Crippen molar-refractivity contribution >= 4 is 38.8 Å². The zero-order valence-electron chi connectivity index (χ0n) is 18.1. The molecule has 0 bridgehead atoms. The van der Waals surface area contributed by atoms with Gasteiger partial charge < -0.3 is 0 Å². The van der Waals surface area contributed by atoms with Crippen molar-refractivity contribution in [3.05, 3.63) is 73.6 Å². The first-order valence-corrected chi connectivity index (χ1v) is 12.5. The number of thiazole rings is 1. The number of benzene rings is 1. The maximum Gasteiger partial charge on any atom is 0.332 e. The summed E-state index contributed by atoms with van der Waals surface area (Å²) in [6.07, 6.45) is 5.74. The predicted molar refractivity (Wildman–Crippen MR) is 127 cm³/mol. The maximum atomic E-state index is 13.7. The van der Waals surface area contributed by atoms with Gasteiger partial charge in [0.15, 0.2) is 0 Å². The minimum atomic E-state index is -3.13. The Bertz CT molecular complexity index is 1560. The summed E-state index contributed by atoms with van der Waals surface area (Å²) >= 11 is 1.38. The van der Waals surface area contributed by atoms with E-state index < -0.39 is 34.4 Å². The zero-order valence-corrected chi connectivity index (χ0v) is 19.8. The molecule has 178 valence electrons. The number of aromatic nitrogens is 5. The SMILES string of the molecule is Cn1cc(Cn2c(=O)c3cc(N([SH](=O)=O)C4(CF)CC4)ccc3n(Cc3cncs3)c2=O)cn1. The fourth-order valence-corrected chi connectivity index (χ4v) is 5.63. The van der Waals surface area contributed by atoms with Gasteiger partial charge in [-0.15, -0.1) is 11.3 Å². The largest absolute Gasteiger partial charge is 0.332 e. The first-order valence-electron chi connectivity index (χ1n) is 10.5. The molecule has 3 heterocycles. The number of aryl methyl sites for hydroxylation is 1. The van der Waals surface area contributed by atoms with Crippen molar-refractivity contribution in [3.8, 4) is 0 Å². The minimum Gasteiger partial charge on any atom is -0.288 e. The van der Waals surface area contributed by atoms with Crippen molar-refractivity contribution in [1.29, 1.82) is 0 Å². The van der Waals surface area contributed by atoms with Gasteiger partial charge in [0.25, 0.3) is 5.56 Å². The number of anilines is 1. The molecule has 0 radical (unpaired) electrons. The summed E-state index contributed by atoms with van der Waals surface area (Å²) < 4.78 is 43.0. The Labute approximate surface area is 198 Å². The highest BCUT2D eigenvalue weighted by molar-refractivity contribution is 7.74. The van der Waals surface area contributed by atoms with Crippen LogP contribution in [0.5, 0.6) is 0 Å². The molecule has 0 aliphatic heterocycles. The van der Waals surface area contributed by atoms with Crippen molar-refractivity contribution in [2.45, 2.75) is 31.5 Å². The molecule has 0 saturated heterocycles. The third kappa shape index (κ3) is 3.84. The van der Waals surface area contributed by atoms with Crippen LogP contribution in [0.3, 0.4) is 0 Å². The van der Waals surface area contributed by atoms with Crippen LogP contribution in [0.2, 0.25) is 0 Å². The Hall–Kier alpha value is -3.32. The Balaban J connectivity index is 1.72. The summed E-state index contributed by atoms with van der Waals surface area (Å²) in [5, 5.41) is 4.26. The van der Waals surface area contributed by atoms with E-state index in [-0.39, 0.29) is 24.2 Å². The van der Waals surface area contributed by atoms with Gasteiger partial charge in [-0.1, -0.05) is 0 Å². The lowest BCUT2D eigenvalue weighted by Crippen LogP contribution is -2.41. The molecule has 1 fully saturated rings. The van der Waals surface area contributed by atoms with Crippen LogP contribution in [0, 0.1) is 0 Å². The molecule has 4 aromatic rings. The molecular weight excluding hydrogens is 483 g/mol. The summed E-state index contributed by atoms with van der Waals surface area (Å²) in [5.41, 5.74) is 0.720. The van der Waals surface area contributed by atoms with Gasteiger partial charge in [-0.3, -0.25) is 27.9 Å². The molecule has 0 spiro atoms. The third-order valence-corrected chi connectivity index (χ3v) is 7.78. The van der Waals surface area contributed by atoms with E-state index in [0.717, 1.165) is 13.7 Å². The quantitative estimate of drug-likeness (QED) is 0.362. The van der Waals surface area contributed by atoms with E-state index in [1.807, 2.05) is 0 Å². The van der Waals surface area contributed by atoms with Gasteiger partial charge in [0, 0.05) is 29.9 Å². The number of thiol groups is 1. The van der Waals surface area contributed by atoms with E-state index in [2.05, 4.69) is 10.1 Å². The lowest BCUT2D eigenvalue weighted by atomic mass is 10.2. The topological polar surface area (TPSA) is 112 Å². The van der Waals surface area contributed by atoms with Crippen LogP contribution in [0.1, 0.15) is 23.3 Å². The minimum absolute atomic E-state index is 0.00230. The molecule has 10 nitrogen and oxygen atoms in total. The van der Waals surface area contributed by atoms with Crippen molar-refractivity contribution in [2.24, 2.45) is 7.05 Å². The summed E-state index contributed by atoms with van der Waals surface area (Å²) in [5.74, 6) is 0. The van der Waals surface area contributed by atoms with Gasteiger partial charge >= 0.3 is 5.69 Å². The molecule has 3 aromatic heterocycles. The zero-order chi connectivity index (χ0) is 24.0. The van der Waals surface area contributed by atoms with Gasteiger partial charge in [0.1, 0.15) is 6.67 Å². The third-order valence-electron chi connectivity index (χ3n) is 6.04. The van der Waals surface area contributed by atoms with Crippen molar-refractivity contribution in [3.63, 3.8) is 0 Å². The van der Waals surface area contributed by atoms with Crippen LogP contribution in [0.4, 0.5) is 10.1 Å². The van der Waals surface area contributed by atoms with Gasteiger partial charge in [0.05, 0.1) is 46.9 Å². The molecule has 0 amide bonds. The molecule has 1 aliphatic carbocycles. The van der Waals surface area contributed by atoms with Gasteiger partial charge in [-0.2, -0.15) is 5.10 Å². The van der Waals surface area contributed by atoms with Crippen molar-refractivity contribution in [1.82, 2.24) is 23.9 Å². The van der Waals surface area contributed by atoms with Crippen LogP contribution >= 0.6 is 11.3 Å². The van der Waals surface area contributed by atoms with Gasteiger partial charge in [0.2, 0.25) is 10.9 Å². The Morgan fingerprint density at radius 2 is 1.97 bits per heavy atom. The second-order valence-corrected chi connectivity index (χ2v) is 10.2. The lowest BCUT2D eigenvalue weighted by molar-refractivity contribution is 0.417. The fraction of sp³-hybridized carbons (Fsp3) is 0.333. The fourth-order valence-electron chi connectivity index (χ4n) is 4.14. The number of rotatable bonds is 8. The molecule has 1 aliphatic rings. The second-order valence-electron chi connectivity index (χ2n) is 8.36. The summed E-state index contributed by atoms with van der Waals surface area (Å²) in [7, 11) is -1.40. The normalized spacial score (nSPS) is 14.7. The Morgan fingerprint density at radius 3 is 2.56 bits per heavy atom. The van der Waals surface area contributed by atoms with Crippen LogP contribution < -0.4 is 15.6 Å². The smallest absolute Gasteiger partial charge is 0.288 e. The predicted octanol–water partition coefficient (Wildman–Crippen LogP) is 1.28. The molecule has 5 rings (SSSR count). The van der Waals surface area contributed by atoms with Crippen LogP contribution in [0.25, 0.3) is 10.9 Å². The van der Waals surface area contributed by atoms with Crippen LogP contribution in [0.15, 0.2) is 51.9 Å². The van der Waals surface area contributed by atoms with Crippen LogP contribution in [-0.2, 0) is 31.0 Å². The highest BCUT2D eigenvalue weighted by Crippen LogP contribution is 2.45. The van der Waals surface area contributed by atoms with Crippen molar-refractivity contribution in [2.75, 3.05) is 11.0 Å². The Morgan fingerprint density at radius 1 is 1.18 bits per heavy atom. The molecule has 1 aromatic carbocycles. The number of hydrogen-bond acceptors (Lipinski definition) is 7. The molecular formula is C21H21FN6O4S2. The highest BCUT2D eigenvalue weighted by atomic mass is 32.2. The number of fused-ring (bicyclic) bond motifs is 1. The molecule has 0 unspecified atom stereocenters.